The lowest BCUT2D eigenvalue weighted by atomic mass is 9.94. The highest BCUT2D eigenvalue weighted by atomic mass is 32.1. The molecule has 6 nitrogen and oxygen atoms in total. The van der Waals surface area contributed by atoms with Gasteiger partial charge in [-0.25, -0.2) is 4.98 Å². The molecule has 1 atom stereocenters. The first-order chi connectivity index (χ1) is 11.6. The summed E-state index contributed by atoms with van der Waals surface area (Å²) in [4.78, 5) is 20.2. The molecule has 3 heterocycles. The van der Waals surface area contributed by atoms with E-state index >= 15 is 0 Å². The van der Waals surface area contributed by atoms with Gasteiger partial charge in [-0.05, 0) is 18.1 Å². The molecule has 0 saturated carbocycles. The van der Waals surface area contributed by atoms with E-state index in [0.717, 1.165) is 34.1 Å². The number of anilines is 1. The molecule has 0 radical (unpaired) electrons. The summed E-state index contributed by atoms with van der Waals surface area (Å²) in [5.74, 6) is 1.59. The molecule has 0 saturated heterocycles. The summed E-state index contributed by atoms with van der Waals surface area (Å²) in [6.07, 6.45) is 1.47. The number of benzene rings is 1. The van der Waals surface area contributed by atoms with Crippen molar-refractivity contribution in [3.8, 4) is 11.5 Å². The molecule has 4 rings (SSSR count). The SMILES string of the molecule is COc1ccc2c(c1)OCC(C(=O)N1CCc3nc(N)sc3C1)C2. The Bertz CT molecular complexity index is 789. The first kappa shape index (κ1) is 15.3. The van der Waals surface area contributed by atoms with Gasteiger partial charge < -0.3 is 20.1 Å². The van der Waals surface area contributed by atoms with Gasteiger partial charge >= 0.3 is 0 Å². The zero-order valence-corrected chi connectivity index (χ0v) is 14.3. The Hall–Kier alpha value is -2.28. The largest absolute Gasteiger partial charge is 0.497 e. The van der Waals surface area contributed by atoms with Gasteiger partial charge in [0.1, 0.15) is 18.1 Å². The summed E-state index contributed by atoms with van der Waals surface area (Å²) >= 11 is 1.48. The molecule has 1 aromatic carbocycles. The van der Waals surface area contributed by atoms with Gasteiger partial charge in [0, 0.05) is 23.9 Å². The maximum Gasteiger partial charge on any atom is 0.229 e. The molecule has 24 heavy (non-hydrogen) atoms. The Morgan fingerprint density at radius 3 is 3.21 bits per heavy atom. The van der Waals surface area contributed by atoms with Crippen molar-refractivity contribution in [2.24, 2.45) is 5.92 Å². The fraction of sp³-hybridized carbons (Fsp3) is 0.412. The van der Waals surface area contributed by atoms with Gasteiger partial charge in [-0.15, -0.1) is 11.3 Å². The van der Waals surface area contributed by atoms with Gasteiger partial charge in [0.25, 0.3) is 0 Å². The molecule has 1 aromatic heterocycles. The molecule has 0 fully saturated rings. The van der Waals surface area contributed by atoms with Crippen LogP contribution in [0.5, 0.6) is 11.5 Å². The maximum atomic E-state index is 12.9. The number of ether oxygens (including phenoxy) is 2. The van der Waals surface area contributed by atoms with E-state index in [1.165, 1.54) is 11.3 Å². The lowest BCUT2D eigenvalue weighted by Crippen LogP contribution is -2.43. The molecule has 1 unspecified atom stereocenters. The van der Waals surface area contributed by atoms with Crippen LogP contribution >= 0.6 is 11.3 Å². The summed E-state index contributed by atoms with van der Waals surface area (Å²) in [6, 6.07) is 5.76. The molecule has 126 valence electrons. The first-order valence-corrected chi connectivity index (χ1v) is 8.78. The fourth-order valence-electron chi connectivity index (χ4n) is 3.30. The molecule has 0 spiro atoms. The third kappa shape index (κ3) is 2.69. The van der Waals surface area contributed by atoms with Crippen molar-refractivity contribution in [2.45, 2.75) is 19.4 Å². The monoisotopic (exact) mass is 345 g/mol. The van der Waals surface area contributed by atoms with Crippen LogP contribution in [0.4, 0.5) is 5.13 Å². The van der Waals surface area contributed by atoms with E-state index in [1.54, 1.807) is 7.11 Å². The van der Waals surface area contributed by atoms with Crippen molar-refractivity contribution < 1.29 is 14.3 Å². The van der Waals surface area contributed by atoms with Crippen LogP contribution in [-0.4, -0.2) is 36.1 Å². The Morgan fingerprint density at radius 1 is 1.50 bits per heavy atom. The van der Waals surface area contributed by atoms with Crippen molar-refractivity contribution in [2.75, 3.05) is 26.0 Å². The highest BCUT2D eigenvalue weighted by Gasteiger charge is 2.32. The smallest absolute Gasteiger partial charge is 0.229 e. The van der Waals surface area contributed by atoms with Gasteiger partial charge in [-0.1, -0.05) is 6.07 Å². The number of aromatic nitrogens is 1. The highest BCUT2D eigenvalue weighted by Crippen LogP contribution is 2.33. The molecule has 0 bridgehead atoms. The van der Waals surface area contributed by atoms with E-state index in [1.807, 2.05) is 23.1 Å². The maximum absolute atomic E-state index is 12.9. The normalized spacial score (nSPS) is 19.2. The Balaban J connectivity index is 1.48. The number of nitrogen functional groups attached to an aromatic ring is 1. The summed E-state index contributed by atoms with van der Waals surface area (Å²) in [5.41, 5.74) is 7.87. The molecule has 2 aliphatic heterocycles. The summed E-state index contributed by atoms with van der Waals surface area (Å²) in [5, 5.41) is 0.582. The topological polar surface area (TPSA) is 77.7 Å². The third-order valence-electron chi connectivity index (χ3n) is 4.59. The van der Waals surface area contributed by atoms with Crippen LogP contribution in [0, 0.1) is 5.92 Å². The summed E-state index contributed by atoms with van der Waals surface area (Å²) in [6.45, 7) is 1.71. The summed E-state index contributed by atoms with van der Waals surface area (Å²) in [7, 11) is 1.63. The number of carbonyl (C=O) groups excluding carboxylic acids is 1. The van der Waals surface area contributed by atoms with Gasteiger partial charge in [0.15, 0.2) is 5.13 Å². The number of thiazole rings is 1. The minimum Gasteiger partial charge on any atom is -0.497 e. The van der Waals surface area contributed by atoms with Crippen molar-refractivity contribution in [3.63, 3.8) is 0 Å². The predicted octanol–water partition coefficient (Wildman–Crippen LogP) is 1.87. The Labute approximate surface area is 144 Å². The van der Waals surface area contributed by atoms with E-state index in [-0.39, 0.29) is 11.8 Å². The number of fused-ring (bicyclic) bond motifs is 2. The number of carbonyl (C=O) groups is 1. The number of hydrogen-bond acceptors (Lipinski definition) is 6. The molecular formula is C17H19N3O3S. The van der Waals surface area contributed by atoms with Crippen LogP contribution in [-0.2, 0) is 24.2 Å². The van der Waals surface area contributed by atoms with E-state index in [9.17, 15) is 4.79 Å². The first-order valence-electron chi connectivity index (χ1n) is 7.96. The lowest BCUT2D eigenvalue weighted by molar-refractivity contribution is -0.137. The van der Waals surface area contributed by atoms with E-state index in [2.05, 4.69) is 4.98 Å². The molecule has 2 aliphatic rings. The highest BCUT2D eigenvalue weighted by molar-refractivity contribution is 7.15. The third-order valence-corrected chi connectivity index (χ3v) is 5.50. The van der Waals surface area contributed by atoms with Crippen molar-refractivity contribution in [1.82, 2.24) is 9.88 Å². The second kappa shape index (κ2) is 5.98. The Kier molecular flexibility index (Phi) is 3.80. The molecule has 7 heteroatoms. The van der Waals surface area contributed by atoms with Crippen molar-refractivity contribution >= 4 is 22.4 Å². The molecule has 1 amide bonds. The number of nitrogens with two attached hydrogens (primary N) is 1. The number of amides is 1. The fourth-order valence-corrected chi connectivity index (χ4v) is 4.19. The van der Waals surface area contributed by atoms with Gasteiger partial charge in [0.05, 0.1) is 25.3 Å². The van der Waals surface area contributed by atoms with E-state index in [4.69, 9.17) is 15.2 Å². The molecule has 2 aromatic rings. The van der Waals surface area contributed by atoms with E-state index in [0.29, 0.717) is 31.2 Å². The average Bonchev–Trinajstić information content (AvgIpc) is 2.99. The minimum atomic E-state index is -0.141. The summed E-state index contributed by atoms with van der Waals surface area (Å²) < 4.78 is 11.0. The quantitative estimate of drug-likeness (QED) is 0.899. The minimum absolute atomic E-state index is 0.141. The standard InChI is InChI=1S/C17H19N3O3S/c1-22-12-3-2-10-6-11(9-23-14(10)7-12)16(21)20-5-4-13-15(8-20)24-17(18)19-13/h2-3,7,11H,4-6,8-9H2,1H3,(H2,18,19). The number of nitrogens with zero attached hydrogens (tertiary/aromatic N) is 2. The molecule has 0 aliphatic carbocycles. The predicted molar refractivity (Wildman–Crippen MR) is 91.3 cm³/mol. The van der Waals surface area contributed by atoms with Gasteiger partial charge in [-0.2, -0.15) is 0 Å². The number of methoxy groups -OCH3 is 1. The van der Waals surface area contributed by atoms with Crippen molar-refractivity contribution in [3.05, 3.63) is 34.3 Å². The second-order valence-corrected chi connectivity index (χ2v) is 7.23. The average molecular weight is 345 g/mol. The van der Waals surface area contributed by atoms with Crippen LogP contribution in [0.25, 0.3) is 0 Å². The molecule has 2 N–H and O–H groups in total. The van der Waals surface area contributed by atoms with Crippen LogP contribution in [0.1, 0.15) is 16.1 Å². The zero-order chi connectivity index (χ0) is 16.7. The van der Waals surface area contributed by atoms with Crippen LogP contribution < -0.4 is 15.2 Å². The van der Waals surface area contributed by atoms with Gasteiger partial charge in [0.2, 0.25) is 5.91 Å². The Morgan fingerprint density at radius 2 is 2.38 bits per heavy atom. The lowest BCUT2D eigenvalue weighted by Gasteiger charge is -2.32. The zero-order valence-electron chi connectivity index (χ0n) is 13.4. The number of hydrogen-bond donors (Lipinski definition) is 1. The number of rotatable bonds is 2. The van der Waals surface area contributed by atoms with E-state index < -0.39 is 0 Å². The van der Waals surface area contributed by atoms with Crippen LogP contribution in [0.2, 0.25) is 0 Å². The van der Waals surface area contributed by atoms with Crippen LogP contribution in [0.3, 0.4) is 0 Å². The second-order valence-electron chi connectivity index (χ2n) is 6.12. The van der Waals surface area contributed by atoms with Gasteiger partial charge in [-0.3, -0.25) is 4.79 Å². The van der Waals surface area contributed by atoms with Crippen LogP contribution in [0.15, 0.2) is 18.2 Å². The van der Waals surface area contributed by atoms with Crippen molar-refractivity contribution in [1.29, 1.82) is 0 Å². The molecular weight excluding hydrogens is 326 g/mol.